The maximum Gasteiger partial charge on any atom is 0.410 e. The summed E-state index contributed by atoms with van der Waals surface area (Å²) < 4.78 is 5.08. The molecular formula is C9H19NO3. The molecular weight excluding hydrogens is 170 g/mol. The lowest BCUT2D eigenvalue weighted by Gasteiger charge is -2.25. The highest BCUT2D eigenvalue weighted by Gasteiger charge is 2.19. The average Bonchev–Trinajstić information content (AvgIpc) is 1.81. The van der Waals surface area contributed by atoms with Crippen LogP contribution in [0.4, 0.5) is 4.79 Å². The number of carbonyl (C=O) groups is 1. The van der Waals surface area contributed by atoms with Crippen molar-refractivity contribution < 1.29 is 14.6 Å². The van der Waals surface area contributed by atoms with Crippen molar-refractivity contribution in [3.05, 3.63) is 0 Å². The van der Waals surface area contributed by atoms with E-state index in [4.69, 9.17) is 9.84 Å². The number of amides is 1. The van der Waals surface area contributed by atoms with E-state index in [0.717, 1.165) is 0 Å². The van der Waals surface area contributed by atoms with E-state index < -0.39 is 17.8 Å². The number of likely N-dealkylation sites (N-methyl/N-ethyl adjacent to an activating group) is 1. The molecule has 0 aromatic carbocycles. The molecule has 1 amide bonds. The number of aliphatic hydroxyl groups is 1. The number of aliphatic hydroxyl groups excluding tert-OH is 1. The van der Waals surface area contributed by atoms with E-state index in [0.29, 0.717) is 0 Å². The number of carbonyl (C=O) groups excluding carboxylic acids is 1. The molecule has 0 rings (SSSR count). The van der Waals surface area contributed by atoms with Crippen LogP contribution in [0.25, 0.3) is 0 Å². The highest BCUT2D eigenvalue weighted by Crippen LogP contribution is 2.08. The molecule has 0 radical (unpaired) electrons. The number of rotatable bonds is 2. The maximum atomic E-state index is 11.3. The summed E-state index contributed by atoms with van der Waals surface area (Å²) in [5.74, 6) is 0. The van der Waals surface area contributed by atoms with Crippen LogP contribution in [0.1, 0.15) is 27.7 Å². The third-order valence-corrected chi connectivity index (χ3v) is 1.24. The zero-order valence-corrected chi connectivity index (χ0v) is 9.00. The summed E-state index contributed by atoms with van der Waals surface area (Å²) in [5, 5.41) is 9.02. The van der Waals surface area contributed by atoms with Gasteiger partial charge in [0.15, 0.2) is 0 Å². The van der Waals surface area contributed by atoms with Crippen molar-refractivity contribution in [2.24, 2.45) is 0 Å². The van der Waals surface area contributed by atoms with Gasteiger partial charge in [-0.2, -0.15) is 0 Å². The Hall–Kier alpha value is -0.770. The summed E-state index contributed by atoms with van der Waals surface area (Å²) in [4.78, 5) is 12.6. The van der Waals surface area contributed by atoms with Crippen molar-refractivity contribution in [2.75, 3.05) is 13.6 Å². The second-order valence-corrected chi connectivity index (χ2v) is 4.21. The van der Waals surface area contributed by atoms with E-state index in [1.54, 1.807) is 34.7 Å². The van der Waals surface area contributed by atoms with Gasteiger partial charge < -0.3 is 14.7 Å². The highest BCUT2D eigenvalue weighted by atomic mass is 16.6. The van der Waals surface area contributed by atoms with Crippen molar-refractivity contribution in [3.63, 3.8) is 0 Å². The van der Waals surface area contributed by atoms with Gasteiger partial charge in [0.1, 0.15) is 5.60 Å². The second-order valence-electron chi connectivity index (χ2n) is 4.21. The zero-order chi connectivity index (χ0) is 10.6. The molecule has 0 heterocycles. The van der Waals surface area contributed by atoms with Gasteiger partial charge >= 0.3 is 6.09 Å². The Balaban J connectivity index is 3.97. The summed E-state index contributed by atoms with van der Waals surface area (Å²) >= 11 is 0. The Bertz CT molecular complexity index is 172. The molecule has 0 saturated carbocycles. The fourth-order valence-corrected chi connectivity index (χ4v) is 0.811. The Morgan fingerprint density at radius 3 is 2.31 bits per heavy atom. The van der Waals surface area contributed by atoms with Gasteiger partial charge in [0.25, 0.3) is 0 Å². The minimum Gasteiger partial charge on any atom is -0.444 e. The van der Waals surface area contributed by atoms with Crippen LogP contribution in [0, 0.1) is 0 Å². The fourth-order valence-electron chi connectivity index (χ4n) is 0.811. The largest absolute Gasteiger partial charge is 0.444 e. The third-order valence-electron chi connectivity index (χ3n) is 1.24. The Labute approximate surface area is 79.5 Å². The van der Waals surface area contributed by atoms with E-state index >= 15 is 0 Å². The molecule has 4 heteroatoms. The fraction of sp³-hybridized carbons (Fsp3) is 0.889. The van der Waals surface area contributed by atoms with Crippen LogP contribution in [0.15, 0.2) is 0 Å². The molecule has 0 saturated heterocycles. The van der Waals surface area contributed by atoms with E-state index in [-0.39, 0.29) is 6.54 Å². The van der Waals surface area contributed by atoms with Crippen LogP contribution in [-0.4, -0.2) is 41.4 Å². The smallest absolute Gasteiger partial charge is 0.410 e. The van der Waals surface area contributed by atoms with Crippen molar-refractivity contribution >= 4 is 6.09 Å². The molecule has 0 spiro atoms. The van der Waals surface area contributed by atoms with Gasteiger partial charge in [-0.05, 0) is 27.7 Å². The lowest BCUT2D eigenvalue weighted by Crippen LogP contribution is -2.37. The molecule has 1 N–H and O–H groups in total. The normalized spacial score (nSPS) is 13.7. The van der Waals surface area contributed by atoms with Gasteiger partial charge in [0, 0.05) is 13.6 Å². The van der Waals surface area contributed by atoms with Gasteiger partial charge in [-0.25, -0.2) is 4.79 Å². The molecule has 0 fully saturated rings. The third kappa shape index (κ3) is 6.40. The molecule has 0 bridgehead atoms. The van der Waals surface area contributed by atoms with Gasteiger partial charge in [-0.3, -0.25) is 0 Å². The number of nitrogens with zero attached hydrogens (tertiary/aromatic N) is 1. The van der Waals surface area contributed by atoms with E-state index in [1.165, 1.54) is 4.90 Å². The van der Waals surface area contributed by atoms with Crippen molar-refractivity contribution in [2.45, 2.75) is 39.4 Å². The van der Waals surface area contributed by atoms with Gasteiger partial charge in [-0.15, -0.1) is 0 Å². The first-order chi connectivity index (χ1) is 5.72. The predicted octanol–water partition coefficient (Wildman–Crippen LogP) is 1.23. The van der Waals surface area contributed by atoms with Gasteiger partial charge in [0.2, 0.25) is 0 Å². The molecule has 0 aromatic rings. The standard InChI is InChI=1S/C9H19NO3/c1-7(11)6-10(5)8(12)13-9(2,3)4/h7,11H,6H2,1-5H3. The second kappa shape index (κ2) is 4.46. The number of hydrogen-bond acceptors (Lipinski definition) is 3. The molecule has 0 aliphatic heterocycles. The lowest BCUT2D eigenvalue weighted by atomic mass is 10.2. The summed E-state index contributed by atoms with van der Waals surface area (Å²) in [6.07, 6.45) is -0.939. The number of hydrogen-bond donors (Lipinski definition) is 1. The minimum atomic E-state index is -0.530. The van der Waals surface area contributed by atoms with E-state index in [9.17, 15) is 4.79 Å². The first-order valence-corrected chi connectivity index (χ1v) is 4.34. The molecule has 4 nitrogen and oxygen atoms in total. The van der Waals surface area contributed by atoms with Crippen LogP contribution >= 0.6 is 0 Å². The monoisotopic (exact) mass is 189 g/mol. The summed E-state index contributed by atoms with van der Waals surface area (Å²) in [6.45, 7) is 7.33. The summed E-state index contributed by atoms with van der Waals surface area (Å²) in [5.41, 5.74) is -0.482. The molecule has 1 atom stereocenters. The number of ether oxygens (including phenoxy) is 1. The van der Waals surface area contributed by atoms with Crippen LogP contribution in [0.5, 0.6) is 0 Å². The molecule has 0 aliphatic carbocycles. The maximum absolute atomic E-state index is 11.3. The van der Waals surface area contributed by atoms with Crippen LogP contribution < -0.4 is 0 Å². The SMILES string of the molecule is CC(O)CN(C)C(=O)OC(C)(C)C. The quantitative estimate of drug-likeness (QED) is 0.711. The summed E-state index contributed by atoms with van der Waals surface area (Å²) in [7, 11) is 1.60. The van der Waals surface area contributed by atoms with Crippen molar-refractivity contribution in [1.29, 1.82) is 0 Å². The molecule has 0 aliphatic rings. The van der Waals surface area contributed by atoms with E-state index in [1.807, 2.05) is 0 Å². The zero-order valence-electron chi connectivity index (χ0n) is 9.00. The Morgan fingerprint density at radius 2 is 2.00 bits per heavy atom. The molecule has 13 heavy (non-hydrogen) atoms. The summed E-state index contributed by atoms with van der Waals surface area (Å²) in [6, 6.07) is 0. The van der Waals surface area contributed by atoms with Crippen LogP contribution in [0.3, 0.4) is 0 Å². The highest BCUT2D eigenvalue weighted by molar-refractivity contribution is 5.67. The molecule has 78 valence electrons. The first-order valence-electron chi connectivity index (χ1n) is 4.34. The predicted molar refractivity (Wildman–Crippen MR) is 50.5 cm³/mol. The first kappa shape index (κ1) is 12.2. The lowest BCUT2D eigenvalue weighted by molar-refractivity contribution is 0.0221. The van der Waals surface area contributed by atoms with Crippen molar-refractivity contribution in [1.82, 2.24) is 4.90 Å². The molecule has 1 unspecified atom stereocenters. The van der Waals surface area contributed by atoms with Crippen molar-refractivity contribution in [3.8, 4) is 0 Å². The van der Waals surface area contributed by atoms with Gasteiger partial charge in [0.05, 0.1) is 6.10 Å². The average molecular weight is 189 g/mol. The van der Waals surface area contributed by atoms with Gasteiger partial charge in [-0.1, -0.05) is 0 Å². The van der Waals surface area contributed by atoms with Crippen LogP contribution in [-0.2, 0) is 4.74 Å². The molecule has 0 aromatic heterocycles. The Kier molecular flexibility index (Phi) is 4.20. The van der Waals surface area contributed by atoms with E-state index in [2.05, 4.69) is 0 Å². The van der Waals surface area contributed by atoms with Crippen LogP contribution in [0.2, 0.25) is 0 Å². The minimum absolute atomic E-state index is 0.287. The topological polar surface area (TPSA) is 49.8 Å². The Morgan fingerprint density at radius 1 is 1.54 bits per heavy atom.